The summed E-state index contributed by atoms with van der Waals surface area (Å²) < 4.78 is 23.2. The van der Waals surface area contributed by atoms with Crippen molar-refractivity contribution in [1.29, 1.82) is 0 Å². The minimum Gasteiger partial charge on any atom is -0.342 e. The zero-order chi connectivity index (χ0) is 16.2. The SMILES string of the molecule is CCCCCN(C)C(=O)c1cc(S(N)(=O)=O)cc(Br)c1Cl. The number of hydrogen-bond donors (Lipinski definition) is 1. The van der Waals surface area contributed by atoms with Crippen LogP contribution in [-0.4, -0.2) is 32.8 Å². The van der Waals surface area contributed by atoms with Crippen molar-refractivity contribution < 1.29 is 13.2 Å². The molecule has 2 N–H and O–H groups in total. The summed E-state index contributed by atoms with van der Waals surface area (Å²) in [4.78, 5) is 13.8. The quantitative estimate of drug-likeness (QED) is 0.749. The number of primary sulfonamides is 1. The molecule has 1 rings (SSSR count). The van der Waals surface area contributed by atoms with Gasteiger partial charge in [0.2, 0.25) is 10.0 Å². The third-order valence-corrected chi connectivity index (χ3v) is 5.16. The van der Waals surface area contributed by atoms with Gasteiger partial charge in [-0.25, -0.2) is 13.6 Å². The van der Waals surface area contributed by atoms with E-state index in [2.05, 4.69) is 22.9 Å². The van der Waals surface area contributed by atoms with Gasteiger partial charge in [0.1, 0.15) is 0 Å². The van der Waals surface area contributed by atoms with Crippen molar-refractivity contribution in [2.24, 2.45) is 5.14 Å². The van der Waals surface area contributed by atoms with Crippen LogP contribution in [0.25, 0.3) is 0 Å². The molecule has 1 aromatic rings. The van der Waals surface area contributed by atoms with Crippen LogP contribution in [0, 0.1) is 0 Å². The largest absolute Gasteiger partial charge is 0.342 e. The lowest BCUT2D eigenvalue weighted by molar-refractivity contribution is 0.0792. The van der Waals surface area contributed by atoms with Crippen LogP contribution < -0.4 is 5.14 Å². The van der Waals surface area contributed by atoms with E-state index in [1.807, 2.05) is 0 Å². The van der Waals surface area contributed by atoms with Gasteiger partial charge in [-0.1, -0.05) is 31.4 Å². The average Bonchev–Trinajstić information content (AvgIpc) is 2.39. The lowest BCUT2D eigenvalue weighted by Crippen LogP contribution is -2.28. The van der Waals surface area contributed by atoms with E-state index in [9.17, 15) is 13.2 Å². The number of amides is 1. The second-order valence-corrected chi connectivity index (χ2v) is 7.54. The first-order chi connectivity index (χ1) is 9.68. The number of halogens is 2. The topological polar surface area (TPSA) is 80.5 Å². The summed E-state index contributed by atoms with van der Waals surface area (Å²) in [5.74, 6) is -0.331. The molecule has 0 bridgehead atoms. The molecule has 0 aliphatic rings. The molecule has 118 valence electrons. The van der Waals surface area contributed by atoms with Gasteiger partial charge in [0.05, 0.1) is 15.5 Å². The van der Waals surface area contributed by atoms with E-state index in [1.165, 1.54) is 17.0 Å². The molecule has 21 heavy (non-hydrogen) atoms. The second kappa shape index (κ2) is 7.58. The summed E-state index contributed by atoms with van der Waals surface area (Å²) >= 11 is 9.23. The van der Waals surface area contributed by atoms with Crippen LogP contribution in [0.4, 0.5) is 0 Å². The standard InChI is InChI=1S/C13H18BrClN2O3S/c1-3-4-5-6-17(2)13(18)10-7-9(21(16,19)20)8-11(14)12(10)15/h7-8H,3-6H2,1-2H3,(H2,16,19,20). The number of nitrogens with zero attached hydrogens (tertiary/aromatic N) is 1. The van der Waals surface area contributed by atoms with Crippen LogP contribution in [0.2, 0.25) is 5.02 Å². The summed E-state index contributed by atoms with van der Waals surface area (Å²) in [6, 6.07) is 2.49. The van der Waals surface area contributed by atoms with Gasteiger partial charge in [-0.3, -0.25) is 4.79 Å². The van der Waals surface area contributed by atoms with Crippen LogP contribution in [0.15, 0.2) is 21.5 Å². The molecule has 0 atom stereocenters. The van der Waals surface area contributed by atoms with E-state index >= 15 is 0 Å². The van der Waals surface area contributed by atoms with E-state index in [0.29, 0.717) is 11.0 Å². The first-order valence-corrected chi connectivity index (χ1v) is 9.17. The predicted octanol–water partition coefficient (Wildman–Crippen LogP) is 3.01. The molecule has 0 spiro atoms. The number of unbranched alkanes of at least 4 members (excludes halogenated alkanes) is 2. The fourth-order valence-electron chi connectivity index (χ4n) is 1.79. The number of sulfonamides is 1. The Kier molecular flexibility index (Phi) is 6.65. The van der Waals surface area contributed by atoms with E-state index in [-0.39, 0.29) is 21.4 Å². The summed E-state index contributed by atoms with van der Waals surface area (Å²) in [5, 5.41) is 5.28. The van der Waals surface area contributed by atoms with Gasteiger partial charge in [-0.05, 0) is 34.5 Å². The highest BCUT2D eigenvalue weighted by Crippen LogP contribution is 2.30. The molecule has 1 amide bonds. The van der Waals surface area contributed by atoms with Gasteiger partial charge in [-0.2, -0.15) is 0 Å². The van der Waals surface area contributed by atoms with Gasteiger partial charge >= 0.3 is 0 Å². The molecule has 0 saturated heterocycles. The molecule has 8 heteroatoms. The van der Waals surface area contributed by atoms with E-state index in [1.54, 1.807) is 7.05 Å². The number of carbonyl (C=O) groups is 1. The number of hydrogen-bond acceptors (Lipinski definition) is 3. The highest BCUT2D eigenvalue weighted by atomic mass is 79.9. The van der Waals surface area contributed by atoms with Crippen molar-refractivity contribution in [3.05, 3.63) is 27.2 Å². The highest BCUT2D eigenvalue weighted by molar-refractivity contribution is 9.10. The third kappa shape index (κ3) is 4.95. The first kappa shape index (κ1) is 18.4. The van der Waals surface area contributed by atoms with E-state index < -0.39 is 10.0 Å². The lowest BCUT2D eigenvalue weighted by Gasteiger charge is -2.18. The maximum absolute atomic E-state index is 12.4. The molecule has 0 heterocycles. The summed E-state index contributed by atoms with van der Waals surface area (Å²) in [7, 11) is -2.25. The van der Waals surface area contributed by atoms with Crippen LogP contribution >= 0.6 is 27.5 Å². The fraction of sp³-hybridized carbons (Fsp3) is 0.462. The van der Waals surface area contributed by atoms with Gasteiger partial charge < -0.3 is 4.90 Å². The Morgan fingerprint density at radius 2 is 2.00 bits per heavy atom. The van der Waals surface area contributed by atoms with Crippen molar-refractivity contribution in [2.45, 2.75) is 31.1 Å². The minimum atomic E-state index is -3.90. The van der Waals surface area contributed by atoms with Crippen molar-refractivity contribution >= 4 is 43.5 Å². The van der Waals surface area contributed by atoms with Gasteiger partial charge in [0.15, 0.2) is 0 Å². The Bertz CT molecular complexity index is 635. The zero-order valence-electron chi connectivity index (χ0n) is 11.9. The molecule has 1 aromatic carbocycles. The van der Waals surface area contributed by atoms with Gasteiger partial charge in [0.25, 0.3) is 5.91 Å². The smallest absolute Gasteiger partial charge is 0.255 e. The number of rotatable bonds is 6. The molecule has 0 unspecified atom stereocenters. The zero-order valence-corrected chi connectivity index (χ0v) is 15.1. The van der Waals surface area contributed by atoms with Crippen LogP contribution in [0.5, 0.6) is 0 Å². The highest BCUT2D eigenvalue weighted by Gasteiger charge is 2.21. The van der Waals surface area contributed by atoms with Crippen molar-refractivity contribution in [3.8, 4) is 0 Å². The molecule has 0 radical (unpaired) electrons. The Morgan fingerprint density at radius 1 is 1.38 bits per heavy atom. The van der Waals surface area contributed by atoms with Crippen LogP contribution in [0.1, 0.15) is 36.5 Å². The molecule has 5 nitrogen and oxygen atoms in total. The predicted molar refractivity (Wildman–Crippen MR) is 87.0 cm³/mol. The molecule has 0 aliphatic heterocycles. The number of benzene rings is 1. The Hall–Kier alpha value is -0.630. The normalized spacial score (nSPS) is 11.5. The van der Waals surface area contributed by atoms with Crippen LogP contribution in [0.3, 0.4) is 0 Å². The molecular weight excluding hydrogens is 380 g/mol. The first-order valence-electron chi connectivity index (χ1n) is 6.45. The van der Waals surface area contributed by atoms with Gasteiger partial charge in [-0.15, -0.1) is 0 Å². The van der Waals surface area contributed by atoms with Gasteiger partial charge in [0, 0.05) is 18.1 Å². The summed E-state index contributed by atoms with van der Waals surface area (Å²) in [6.07, 6.45) is 2.95. The summed E-state index contributed by atoms with van der Waals surface area (Å²) in [6.45, 7) is 2.66. The Morgan fingerprint density at radius 3 is 2.52 bits per heavy atom. The summed E-state index contributed by atoms with van der Waals surface area (Å²) in [5.41, 5.74) is 0.120. The molecular formula is C13H18BrClN2O3S. The van der Waals surface area contributed by atoms with E-state index in [4.69, 9.17) is 16.7 Å². The Balaban J connectivity index is 3.11. The number of carbonyl (C=O) groups excluding carboxylic acids is 1. The molecule has 0 fully saturated rings. The fourth-order valence-corrected chi connectivity index (χ4v) is 3.16. The molecule has 0 aromatic heterocycles. The average molecular weight is 398 g/mol. The van der Waals surface area contributed by atoms with Crippen LogP contribution in [-0.2, 0) is 10.0 Å². The third-order valence-electron chi connectivity index (χ3n) is 3.00. The maximum atomic E-state index is 12.4. The maximum Gasteiger partial charge on any atom is 0.255 e. The Labute approximate surface area is 138 Å². The van der Waals surface area contributed by atoms with Crippen molar-refractivity contribution in [1.82, 2.24) is 4.90 Å². The number of nitrogens with two attached hydrogens (primary N) is 1. The molecule has 0 aliphatic carbocycles. The van der Waals surface area contributed by atoms with Crippen molar-refractivity contribution in [3.63, 3.8) is 0 Å². The molecule has 0 saturated carbocycles. The van der Waals surface area contributed by atoms with E-state index in [0.717, 1.165) is 19.3 Å². The monoisotopic (exact) mass is 396 g/mol. The minimum absolute atomic E-state index is 0.120. The van der Waals surface area contributed by atoms with Crippen molar-refractivity contribution in [2.75, 3.05) is 13.6 Å². The second-order valence-electron chi connectivity index (χ2n) is 4.75. The lowest BCUT2D eigenvalue weighted by atomic mass is 10.2.